The van der Waals surface area contributed by atoms with Crippen LogP contribution in [0.15, 0.2) is 79.1 Å². The van der Waals surface area contributed by atoms with Gasteiger partial charge in [0.2, 0.25) is 0 Å². The normalized spacial score (nSPS) is 10.5. The number of halogens is 1. The van der Waals surface area contributed by atoms with Crippen LogP contribution < -0.4 is 10.6 Å². The molecular weight excluding hydrogens is 388 g/mol. The molecule has 0 aliphatic rings. The molecule has 142 valence electrons. The fraction of sp³-hybridized carbons (Fsp3) is 0. The Morgan fingerprint density at radius 3 is 2.17 bits per heavy atom. The summed E-state index contributed by atoms with van der Waals surface area (Å²) < 4.78 is 0. The molecule has 2 amide bonds. The molecule has 0 aliphatic heterocycles. The lowest BCUT2D eigenvalue weighted by atomic mass is 10.0. The highest BCUT2D eigenvalue weighted by molar-refractivity contribution is 6.30. The lowest BCUT2D eigenvalue weighted by Gasteiger charge is -2.09. The van der Waals surface area contributed by atoms with E-state index in [1.165, 1.54) is 0 Å². The van der Waals surface area contributed by atoms with E-state index in [2.05, 4.69) is 20.6 Å². The highest BCUT2D eigenvalue weighted by atomic mass is 35.5. The van der Waals surface area contributed by atoms with Crippen LogP contribution in [0, 0.1) is 0 Å². The maximum Gasteiger partial charge on any atom is 0.323 e. The van der Waals surface area contributed by atoms with Gasteiger partial charge < -0.3 is 10.6 Å². The smallest absolute Gasteiger partial charge is 0.308 e. The number of carbonyl (C=O) groups is 2. The zero-order valence-corrected chi connectivity index (χ0v) is 15.9. The summed E-state index contributed by atoms with van der Waals surface area (Å²) in [6.07, 6.45) is 3.20. The quantitative estimate of drug-likeness (QED) is 0.462. The first-order chi connectivity index (χ1) is 14.1. The van der Waals surface area contributed by atoms with Crippen molar-refractivity contribution in [2.24, 2.45) is 0 Å². The fourth-order valence-corrected chi connectivity index (χ4v) is 3.03. The number of urea groups is 1. The van der Waals surface area contributed by atoms with Crippen molar-refractivity contribution in [3.05, 3.63) is 95.3 Å². The summed E-state index contributed by atoms with van der Waals surface area (Å²) in [6.45, 7) is 0. The van der Waals surface area contributed by atoms with E-state index < -0.39 is 6.03 Å². The van der Waals surface area contributed by atoms with Crippen LogP contribution in [0.3, 0.4) is 0 Å². The number of rotatable bonds is 4. The summed E-state index contributed by atoms with van der Waals surface area (Å²) in [5.74, 6) is -0.132. The average Bonchev–Trinajstić information content (AvgIpc) is 2.73. The van der Waals surface area contributed by atoms with Crippen LogP contribution in [0.25, 0.3) is 11.0 Å². The zero-order valence-electron chi connectivity index (χ0n) is 15.1. The standard InChI is InChI=1S/C22H15ClN4O2/c23-16-2-1-3-18(13-16)27-22(29)26-17-7-4-14(5-8-17)21(28)15-6-9-19-20(12-15)25-11-10-24-19/h1-13H,(H2,26,27,29). The first-order valence-corrected chi connectivity index (χ1v) is 9.15. The number of carbonyl (C=O) groups excluding carboxylic acids is 2. The van der Waals surface area contributed by atoms with E-state index in [1.807, 2.05) is 0 Å². The van der Waals surface area contributed by atoms with Gasteiger partial charge in [-0.3, -0.25) is 14.8 Å². The second-order valence-electron chi connectivity index (χ2n) is 6.26. The molecule has 1 heterocycles. The minimum atomic E-state index is -0.403. The minimum Gasteiger partial charge on any atom is -0.308 e. The van der Waals surface area contributed by atoms with Gasteiger partial charge in [0, 0.05) is 39.9 Å². The fourth-order valence-electron chi connectivity index (χ4n) is 2.84. The van der Waals surface area contributed by atoms with Crippen LogP contribution in [0.1, 0.15) is 15.9 Å². The number of ketones is 1. The van der Waals surface area contributed by atoms with Gasteiger partial charge in [0.1, 0.15) is 0 Å². The third kappa shape index (κ3) is 4.39. The monoisotopic (exact) mass is 402 g/mol. The molecule has 0 saturated heterocycles. The zero-order chi connectivity index (χ0) is 20.2. The van der Waals surface area contributed by atoms with Crippen LogP contribution in [0.4, 0.5) is 16.2 Å². The summed E-state index contributed by atoms with van der Waals surface area (Å²) in [7, 11) is 0. The molecule has 1 aromatic heterocycles. The van der Waals surface area contributed by atoms with Crippen LogP contribution in [-0.2, 0) is 0 Å². The first kappa shape index (κ1) is 18.6. The molecular formula is C22H15ClN4O2. The third-order valence-electron chi connectivity index (χ3n) is 4.22. The van der Waals surface area contributed by atoms with Crippen molar-refractivity contribution in [2.75, 3.05) is 10.6 Å². The Labute approximate surface area is 171 Å². The van der Waals surface area contributed by atoms with Gasteiger partial charge in [0.25, 0.3) is 0 Å². The SMILES string of the molecule is O=C(Nc1ccc(C(=O)c2ccc3nccnc3c2)cc1)Nc1cccc(Cl)c1. The molecule has 0 aliphatic carbocycles. The molecule has 0 saturated carbocycles. The van der Waals surface area contributed by atoms with Gasteiger partial charge >= 0.3 is 6.03 Å². The van der Waals surface area contributed by atoms with Crippen molar-refractivity contribution in [3.63, 3.8) is 0 Å². The van der Waals surface area contributed by atoms with Gasteiger partial charge in [-0.1, -0.05) is 17.7 Å². The highest BCUT2D eigenvalue weighted by Gasteiger charge is 2.11. The lowest BCUT2D eigenvalue weighted by Crippen LogP contribution is -2.19. The molecule has 4 rings (SSSR count). The van der Waals surface area contributed by atoms with E-state index in [0.29, 0.717) is 33.0 Å². The number of anilines is 2. The number of fused-ring (bicyclic) bond motifs is 1. The number of nitrogens with one attached hydrogen (secondary N) is 2. The summed E-state index contributed by atoms with van der Waals surface area (Å²) >= 11 is 5.91. The summed E-state index contributed by atoms with van der Waals surface area (Å²) in [4.78, 5) is 33.3. The molecule has 4 aromatic rings. The highest BCUT2D eigenvalue weighted by Crippen LogP contribution is 2.18. The van der Waals surface area contributed by atoms with Crippen molar-refractivity contribution < 1.29 is 9.59 Å². The first-order valence-electron chi connectivity index (χ1n) is 8.77. The van der Waals surface area contributed by atoms with Gasteiger partial charge in [0.05, 0.1) is 11.0 Å². The summed E-state index contributed by atoms with van der Waals surface area (Å²) in [6, 6.07) is 18.3. The van der Waals surface area contributed by atoms with E-state index in [4.69, 9.17) is 11.6 Å². The molecule has 2 N–H and O–H groups in total. The second-order valence-corrected chi connectivity index (χ2v) is 6.69. The van der Waals surface area contributed by atoms with E-state index in [0.717, 1.165) is 5.52 Å². The number of hydrogen-bond acceptors (Lipinski definition) is 4. The molecule has 0 bridgehead atoms. The molecule has 6 nitrogen and oxygen atoms in total. The Morgan fingerprint density at radius 2 is 1.41 bits per heavy atom. The van der Waals surface area contributed by atoms with Gasteiger partial charge in [-0.05, 0) is 60.7 Å². The van der Waals surface area contributed by atoms with Gasteiger partial charge in [-0.25, -0.2) is 4.79 Å². The van der Waals surface area contributed by atoms with E-state index in [9.17, 15) is 9.59 Å². The number of amides is 2. The molecule has 0 fully saturated rings. The molecule has 29 heavy (non-hydrogen) atoms. The topological polar surface area (TPSA) is 84.0 Å². The van der Waals surface area contributed by atoms with Crippen molar-refractivity contribution in [2.45, 2.75) is 0 Å². The maximum absolute atomic E-state index is 12.7. The van der Waals surface area contributed by atoms with Gasteiger partial charge in [-0.15, -0.1) is 0 Å². The van der Waals surface area contributed by atoms with Crippen LogP contribution >= 0.6 is 11.6 Å². The van der Waals surface area contributed by atoms with E-state index >= 15 is 0 Å². The Hall–Kier alpha value is -3.77. The number of hydrogen-bond donors (Lipinski definition) is 2. The Bertz CT molecular complexity index is 1210. The molecule has 7 heteroatoms. The van der Waals surface area contributed by atoms with E-state index in [1.54, 1.807) is 79.1 Å². The summed E-state index contributed by atoms with van der Waals surface area (Å²) in [5.41, 5.74) is 3.57. The van der Waals surface area contributed by atoms with Crippen LogP contribution in [-0.4, -0.2) is 21.8 Å². The van der Waals surface area contributed by atoms with Crippen molar-refractivity contribution in [3.8, 4) is 0 Å². The Balaban J connectivity index is 1.45. The molecule has 0 unspecified atom stereocenters. The van der Waals surface area contributed by atoms with Gasteiger partial charge in [-0.2, -0.15) is 0 Å². The van der Waals surface area contributed by atoms with Crippen LogP contribution in [0.2, 0.25) is 5.02 Å². The molecule has 0 radical (unpaired) electrons. The van der Waals surface area contributed by atoms with Crippen molar-refractivity contribution in [1.82, 2.24) is 9.97 Å². The Morgan fingerprint density at radius 1 is 0.724 bits per heavy atom. The molecule has 0 atom stereocenters. The predicted molar refractivity (Wildman–Crippen MR) is 114 cm³/mol. The minimum absolute atomic E-state index is 0.132. The second kappa shape index (κ2) is 8.08. The largest absolute Gasteiger partial charge is 0.323 e. The predicted octanol–water partition coefficient (Wildman–Crippen LogP) is 5.16. The molecule has 3 aromatic carbocycles. The number of nitrogens with zero attached hydrogens (tertiary/aromatic N) is 2. The van der Waals surface area contributed by atoms with Crippen LogP contribution in [0.5, 0.6) is 0 Å². The van der Waals surface area contributed by atoms with E-state index in [-0.39, 0.29) is 5.78 Å². The number of benzene rings is 3. The van der Waals surface area contributed by atoms with Gasteiger partial charge in [0.15, 0.2) is 5.78 Å². The summed E-state index contributed by atoms with van der Waals surface area (Å²) in [5, 5.41) is 5.95. The molecule has 0 spiro atoms. The van der Waals surface area contributed by atoms with Crippen molar-refractivity contribution in [1.29, 1.82) is 0 Å². The average molecular weight is 403 g/mol. The third-order valence-corrected chi connectivity index (χ3v) is 4.45. The maximum atomic E-state index is 12.7. The van der Waals surface area contributed by atoms with Crippen molar-refractivity contribution >= 4 is 45.8 Å². The Kier molecular flexibility index (Phi) is 5.18. The number of aromatic nitrogens is 2. The lowest BCUT2D eigenvalue weighted by molar-refractivity contribution is 0.103.